The molecule has 1 aromatic rings. The van der Waals surface area contributed by atoms with Crippen molar-refractivity contribution < 1.29 is 14.3 Å². The molecular weight excluding hydrogens is 306 g/mol. The van der Waals surface area contributed by atoms with E-state index < -0.39 is 0 Å². The summed E-state index contributed by atoms with van der Waals surface area (Å²) in [6, 6.07) is 8.57. The minimum Gasteiger partial charge on any atom is -0.453 e. The van der Waals surface area contributed by atoms with Crippen LogP contribution in [0.5, 0.6) is 0 Å². The average molecular weight is 331 g/mol. The number of nitrogens with zero attached hydrogens (tertiary/aromatic N) is 2. The lowest BCUT2D eigenvalue weighted by Gasteiger charge is -2.33. The number of benzene rings is 1. The topological polar surface area (TPSA) is 61.9 Å². The molecule has 0 saturated carbocycles. The second-order valence-electron chi connectivity index (χ2n) is 6.55. The van der Waals surface area contributed by atoms with E-state index in [1.807, 2.05) is 18.0 Å². The molecule has 1 aromatic carbocycles. The minimum atomic E-state index is -0.292. The summed E-state index contributed by atoms with van der Waals surface area (Å²) < 4.78 is 4.74. The maximum Gasteiger partial charge on any atom is 0.409 e. The normalized spacial score (nSPS) is 20.4. The Balaban J connectivity index is 1.54. The van der Waals surface area contributed by atoms with Crippen LogP contribution < -0.4 is 5.32 Å². The molecule has 3 rings (SSSR count). The predicted molar refractivity (Wildman–Crippen MR) is 90.8 cm³/mol. The highest BCUT2D eigenvalue weighted by molar-refractivity contribution is 5.75. The third-order valence-corrected chi connectivity index (χ3v) is 5.14. The van der Waals surface area contributed by atoms with Gasteiger partial charge >= 0.3 is 12.1 Å². The molecule has 24 heavy (non-hydrogen) atoms. The molecule has 0 radical (unpaired) electrons. The first-order valence-electron chi connectivity index (χ1n) is 8.54. The molecule has 130 valence electrons. The van der Waals surface area contributed by atoms with Gasteiger partial charge in [-0.15, -0.1) is 0 Å². The highest BCUT2D eigenvalue weighted by atomic mass is 16.5. The van der Waals surface area contributed by atoms with E-state index in [-0.39, 0.29) is 24.2 Å². The fourth-order valence-corrected chi connectivity index (χ4v) is 3.69. The van der Waals surface area contributed by atoms with E-state index in [4.69, 9.17) is 4.74 Å². The lowest BCUT2D eigenvalue weighted by atomic mass is 10.1. The fourth-order valence-electron chi connectivity index (χ4n) is 3.69. The number of rotatable bonds is 2. The van der Waals surface area contributed by atoms with Gasteiger partial charge in [-0.2, -0.15) is 0 Å². The zero-order chi connectivity index (χ0) is 17.1. The molecule has 1 unspecified atom stereocenters. The predicted octanol–water partition coefficient (Wildman–Crippen LogP) is 2.55. The number of carbonyl (C=O) groups is 2. The Labute approximate surface area is 142 Å². The first kappa shape index (κ1) is 16.6. The number of carbonyl (C=O) groups excluding carboxylic acids is 2. The van der Waals surface area contributed by atoms with Crippen LogP contribution in [-0.2, 0) is 11.2 Å². The van der Waals surface area contributed by atoms with Crippen molar-refractivity contribution in [2.24, 2.45) is 0 Å². The van der Waals surface area contributed by atoms with Gasteiger partial charge in [0.15, 0.2) is 0 Å². The van der Waals surface area contributed by atoms with Gasteiger partial charge in [0.25, 0.3) is 0 Å². The van der Waals surface area contributed by atoms with E-state index in [0.717, 1.165) is 25.7 Å². The van der Waals surface area contributed by atoms with Crippen LogP contribution in [0.25, 0.3) is 0 Å². The van der Waals surface area contributed by atoms with Crippen molar-refractivity contribution in [2.45, 2.75) is 37.8 Å². The van der Waals surface area contributed by atoms with Crippen molar-refractivity contribution in [3.8, 4) is 0 Å². The molecule has 1 atom stereocenters. The molecule has 0 bridgehead atoms. The summed E-state index contributed by atoms with van der Waals surface area (Å²) in [6.45, 7) is 1.24. The number of piperidine rings is 1. The maximum absolute atomic E-state index is 12.6. The molecule has 1 aliphatic carbocycles. The monoisotopic (exact) mass is 331 g/mol. The highest BCUT2D eigenvalue weighted by Gasteiger charge is 2.30. The van der Waals surface area contributed by atoms with Gasteiger partial charge in [-0.3, -0.25) is 0 Å². The van der Waals surface area contributed by atoms with Gasteiger partial charge in [-0.05, 0) is 36.8 Å². The number of amides is 3. The SMILES string of the molecule is COC(=O)N1CCC(NC(=O)N(C)C2CCc3ccccc32)CC1. The number of aryl methyl sites for hydroxylation is 1. The number of fused-ring (bicyclic) bond motifs is 1. The molecule has 1 N–H and O–H groups in total. The van der Waals surface area contributed by atoms with Crippen LogP contribution in [0.2, 0.25) is 0 Å². The Morgan fingerprint density at radius 2 is 1.92 bits per heavy atom. The second kappa shape index (κ2) is 7.11. The largest absolute Gasteiger partial charge is 0.453 e. The van der Waals surface area contributed by atoms with Crippen LogP contribution in [0.3, 0.4) is 0 Å². The zero-order valence-corrected chi connectivity index (χ0v) is 14.3. The van der Waals surface area contributed by atoms with Gasteiger partial charge in [0, 0.05) is 26.2 Å². The smallest absolute Gasteiger partial charge is 0.409 e. The molecule has 2 aliphatic rings. The molecule has 6 heteroatoms. The molecule has 1 fully saturated rings. The van der Waals surface area contributed by atoms with Crippen LogP contribution in [0, 0.1) is 0 Å². The van der Waals surface area contributed by atoms with Gasteiger partial charge in [0.1, 0.15) is 0 Å². The minimum absolute atomic E-state index is 0.0341. The maximum atomic E-state index is 12.6. The summed E-state index contributed by atoms with van der Waals surface area (Å²) in [7, 11) is 3.26. The standard InChI is InChI=1S/C18H25N3O3/c1-20(16-8-7-13-5-3-4-6-15(13)16)17(22)19-14-9-11-21(12-10-14)18(23)24-2/h3-6,14,16H,7-12H2,1-2H3,(H,19,22). The number of hydrogen-bond acceptors (Lipinski definition) is 3. The number of hydrogen-bond donors (Lipinski definition) is 1. The van der Waals surface area contributed by atoms with Gasteiger partial charge in [-0.1, -0.05) is 24.3 Å². The summed E-state index contributed by atoms with van der Waals surface area (Å²) in [5.74, 6) is 0. The summed E-state index contributed by atoms with van der Waals surface area (Å²) in [5, 5.41) is 3.11. The Morgan fingerprint density at radius 3 is 2.62 bits per heavy atom. The van der Waals surface area contributed by atoms with Crippen molar-refractivity contribution in [1.29, 1.82) is 0 Å². The Kier molecular flexibility index (Phi) is 4.92. The summed E-state index contributed by atoms with van der Waals surface area (Å²) in [5.41, 5.74) is 2.60. The molecule has 3 amide bonds. The van der Waals surface area contributed by atoms with Crippen molar-refractivity contribution in [1.82, 2.24) is 15.1 Å². The lowest BCUT2D eigenvalue weighted by molar-refractivity contribution is 0.109. The van der Waals surface area contributed by atoms with E-state index in [2.05, 4.69) is 23.5 Å². The van der Waals surface area contributed by atoms with Crippen molar-refractivity contribution in [3.63, 3.8) is 0 Å². The van der Waals surface area contributed by atoms with Crippen LogP contribution in [0.4, 0.5) is 9.59 Å². The molecule has 1 aliphatic heterocycles. The van der Waals surface area contributed by atoms with E-state index in [9.17, 15) is 9.59 Å². The second-order valence-corrected chi connectivity index (χ2v) is 6.55. The molecule has 6 nitrogen and oxygen atoms in total. The van der Waals surface area contributed by atoms with Crippen LogP contribution in [0.15, 0.2) is 24.3 Å². The van der Waals surface area contributed by atoms with Gasteiger partial charge < -0.3 is 19.9 Å². The number of urea groups is 1. The Hall–Kier alpha value is -2.24. The molecule has 0 spiro atoms. The van der Waals surface area contributed by atoms with Gasteiger partial charge in [0.2, 0.25) is 0 Å². The Morgan fingerprint density at radius 1 is 1.21 bits per heavy atom. The number of nitrogens with one attached hydrogen (secondary N) is 1. The van der Waals surface area contributed by atoms with E-state index in [0.29, 0.717) is 13.1 Å². The zero-order valence-electron chi connectivity index (χ0n) is 14.3. The van der Waals surface area contributed by atoms with E-state index >= 15 is 0 Å². The molecule has 0 aromatic heterocycles. The van der Waals surface area contributed by atoms with Crippen molar-refractivity contribution in [2.75, 3.05) is 27.2 Å². The summed E-state index contributed by atoms with van der Waals surface area (Å²) in [6.07, 6.45) is 3.23. The Bertz CT molecular complexity index is 611. The van der Waals surface area contributed by atoms with Crippen LogP contribution in [0.1, 0.15) is 36.4 Å². The molecule has 1 saturated heterocycles. The molecule has 1 heterocycles. The average Bonchev–Trinajstić information content (AvgIpc) is 3.05. The molecular formula is C18H25N3O3. The quantitative estimate of drug-likeness (QED) is 0.906. The van der Waals surface area contributed by atoms with Crippen molar-refractivity contribution >= 4 is 12.1 Å². The van der Waals surface area contributed by atoms with Gasteiger partial charge in [-0.25, -0.2) is 9.59 Å². The number of methoxy groups -OCH3 is 1. The third kappa shape index (κ3) is 3.32. The third-order valence-electron chi connectivity index (χ3n) is 5.14. The summed E-state index contributed by atoms with van der Waals surface area (Å²) in [4.78, 5) is 27.6. The van der Waals surface area contributed by atoms with E-state index in [1.165, 1.54) is 18.2 Å². The number of likely N-dealkylation sites (tertiary alicyclic amines) is 1. The van der Waals surface area contributed by atoms with Gasteiger partial charge in [0.05, 0.1) is 13.2 Å². The van der Waals surface area contributed by atoms with Crippen LogP contribution >= 0.6 is 0 Å². The first-order valence-corrected chi connectivity index (χ1v) is 8.54. The van der Waals surface area contributed by atoms with Crippen LogP contribution in [-0.4, -0.2) is 55.2 Å². The fraction of sp³-hybridized carbons (Fsp3) is 0.556. The van der Waals surface area contributed by atoms with Crippen molar-refractivity contribution in [3.05, 3.63) is 35.4 Å². The van der Waals surface area contributed by atoms with E-state index in [1.54, 1.807) is 4.90 Å². The first-order chi connectivity index (χ1) is 11.6. The summed E-state index contributed by atoms with van der Waals surface area (Å²) >= 11 is 0. The highest BCUT2D eigenvalue weighted by Crippen LogP contribution is 2.34. The number of ether oxygens (including phenoxy) is 1. The lowest BCUT2D eigenvalue weighted by Crippen LogP contribution is -2.49.